The average molecular weight is 252 g/mol. The van der Waals surface area contributed by atoms with Crippen molar-refractivity contribution in [3.05, 3.63) is 18.2 Å². The molecule has 98 valence electrons. The first-order valence-corrected chi connectivity index (χ1v) is 5.97. The number of hydrogen-bond acceptors (Lipinski definition) is 5. The highest BCUT2D eigenvalue weighted by atomic mass is 16.7. The van der Waals surface area contributed by atoms with Gasteiger partial charge in [-0.2, -0.15) is 0 Å². The molecule has 1 aliphatic rings. The van der Waals surface area contributed by atoms with Crippen LogP contribution in [0.5, 0.6) is 17.2 Å². The maximum Gasteiger partial charge on any atom is 0.347 e. The molecule has 5 nitrogen and oxygen atoms in total. The number of rotatable bonds is 5. The van der Waals surface area contributed by atoms with E-state index in [0.29, 0.717) is 30.3 Å². The second kappa shape index (κ2) is 5.62. The van der Waals surface area contributed by atoms with Crippen LogP contribution in [0, 0.1) is 0 Å². The van der Waals surface area contributed by atoms with Crippen LogP contribution in [-0.4, -0.2) is 25.5 Å². The SMILES string of the molecule is CCOC(=O)C(CC)Oc1ccc2c(c1)OCO2. The summed E-state index contributed by atoms with van der Waals surface area (Å²) in [6.07, 6.45) is -0.0434. The average Bonchev–Trinajstić information content (AvgIpc) is 2.83. The molecule has 0 spiro atoms. The quantitative estimate of drug-likeness (QED) is 0.751. The molecule has 1 aliphatic heterocycles. The molecule has 0 bridgehead atoms. The van der Waals surface area contributed by atoms with Gasteiger partial charge >= 0.3 is 5.97 Å². The summed E-state index contributed by atoms with van der Waals surface area (Å²) < 4.78 is 21.0. The van der Waals surface area contributed by atoms with E-state index in [0.717, 1.165) is 0 Å². The van der Waals surface area contributed by atoms with Crippen LogP contribution in [0.3, 0.4) is 0 Å². The fourth-order valence-corrected chi connectivity index (χ4v) is 1.65. The third kappa shape index (κ3) is 2.67. The van der Waals surface area contributed by atoms with Crippen molar-refractivity contribution >= 4 is 5.97 Å². The number of benzene rings is 1. The van der Waals surface area contributed by atoms with E-state index in [4.69, 9.17) is 18.9 Å². The van der Waals surface area contributed by atoms with Crippen LogP contribution in [0.4, 0.5) is 0 Å². The van der Waals surface area contributed by atoms with Gasteiger partial charge in [-0.3, -0.25) is 0 Å². The molecule has 0 N–H and O–H groups in total. The third-order valence-corrected chi connectivity index (χ3v) is 2.54. The number of fused-ring (bicyclic) bond motifs is 1. The highest BCUT2D eigenvalue weighted by Crippen LogP contribution is 2.35. The molecule has 18 heavy (non-hydrogen) atoms. The van der Waals surface area contributed by atoms with Gasteiger partial charge in [0.05, 0.1) is 6.61 Å². The van der Waals surface area contributed by atoms with Crippen molar-refractivity contribution in [2.45, 2.75) is 26.4 Å². The van der Waals surface area contributed by atoms with E-state index in [1.807, 2.05) is 6.92 Å². The standard InChI is InChI=1S/C13H16O5/c1-3-10(13(14)15-4-2)18-9-5-6-11-12(7-9)17-8-16-11/h5-7,10H,3-4,8H2,1-2H3. The van der Waals surface area contributed by atoms with Gasteiger partial charge in [-0.1, -0.05) is 6.92 Å². The predicted octanol–water partition coefficient (Wildman–Crippen LogP) is 2.14. The van der Waals surface area contributed by atoms with E-state index in [2.05, 4.69) is 0 Å². The van der Waals surface area contributed by atoms with Gasteiger partial charge in [0.25, 0.3) is 0 Å². The Balaban J connectivity index is 2.05. The molecule has 0 aromatic heterocycles. The van der Waals surface area contributed by atoms with Crippen molar-refractivity contribution in [2.75, 3.05) is 13.4 Å². The largest absolute Gasteiger partial charge is 0.479 e. The smallest absolute Gasteiger partial charge is 0.347 e. The fourth-order valence-electron chi connectivity index (χ4n) is 1.65. The number of hydrogen-bond donors (Lipinski definition) is 0. The summed E-state index contributed by atoms with van der Waals surface area (Å²) in [5, 5.41) is 0. The molecular weight excluding hydrogens is 236 g/mol. The molecule has 0 amide bonds. The van der Waals surface area contributed by atoms with Crippen LogP contribution in [0.15, 0.2) is 18.2 Å². The zero-order chi connectivity index (χ0) is 13.0. The second-order valence-corrected chi connectivity index (χ2v) is 3.78. The molecule has 2 rings (SSSR count). The maximum absolute atomic E-state index is 11.6. The lowest BCUT2D eigenvalue weighted by Gasteiger charge is -2.16. The van der Waals surface area contributed by atoms with Crippen molar-refractivity contribution in [1.82, 2.24) is 0 Å². The van der Waals surface area contributed by atoms with Crippen LogP contribution < -0.4 is 14.2 Å². The maximum atomic E-state index is 11.6. The summed E-state index contributed by atoms with van der Waals surface area (Å²) in [5.41, 5.74) is 0. The lowest BCUT2D eigenvalue weighted by atomic mass is 10.2. The first-order valence-electron chi connectivity index (χ1n) is 5.97. The van der Waals surface area contributed by atoms with E-state index in [1.165, 1.54) is 0 Å². The lowest BCUT2D eigenvalue weighted by molar-refractivity contribution is -0.151. The van der Waals surface area contributed by atoms with Crippen LogP contribution in [-0.2, 0) is 9.53 Å². The summed E-state index contributed by atoms with van der Waals surface area (Å²) in [7, 11) is 0. The molecule has 1 aromatic rings. The Hall–Kier alpha value is -1.91. The number of carbonyl (C=O) groups is 1. The third-order valence-electron chi connectivity index (χ3n) is 2.54. The zero-order valence-corrected chi connectivity index (χ0v) is 10.5. The minimum atomic E-state index is -0.592. The Labute approximate surface area is 106 Å². The van der Waals surface area contributed by atoms with Gasteiger partial charge in [0, 0.05) is 6.07 Å². The summed E-state index contributed by atoms with van der Waals surface area (Å²) in [6.45, 7) is 4.20. The van der Waals surface area contributed by atoms with Crippen molar-refractivity contribution < 1.29 is 23.7 Å². The van der Waals surface area contributed by atoms with Crippen molar-refractivity contribution in [1.29, 1.82) is 0 Å². The van der Waals surface area contributed by atoms with Gasteiger partial charge in [0.1, 0.15) is 5.75 Å². The molecular formula is C13H16O5. The van der Waals surface area contributed by atoms with Crippen molar-refractivity contribution in [3.8, 4) is 17.2 Å². The Kier molecular flexibility index (Phi) is 3.92. The van der Waals surface area contributed by atoms with Gasteiger partial charge in [-0.25, -0.2) is 4.79 Å². The Bertz CT molecular complexity index is 429. The number of esters is 1. The molecule has 1 heterocycles. The lowest BCUT2D eigenvalue weighted by Crippen LogP contribution is -2.28. The fraction of sp³-hybridized carbons (Fsp3) is 0.462. The summed E-state index contributed by atoms with van der Waals surface area (Å²) in [4.78, 5) is 11.6. The molecule has 0 aliphatic carbocycles. The van der Waals surface area contributed by atoms with Crippen LogP contribution in [0.2, 0.25) is 0 Å². The van der Waals surface area contributed by atoms with Gasteiger partial charge in [0.2, 0.25) is 6.79 Å². The minimum absolute atomic E-state index is 0.216. The number of ether oxygens (including phenoxy) is 4. The highest BCUT2D eigenvalue weighted by Gasteiger charge is 2.21. The Morgan fingerprint density at radius 3 is 2.83 bits per heavy atom. The van der Waals surface area contributed by atoms with E-state index in [1.54, 1.807) is 25.1 Å². The van der Waals surface area contributed by atoms with Gasteiger partial charge in [-0.05, 0) is 25.5 Å². The highest BCUT2D eigenvalue weighted by molar-refractivity contribution is 5.75. The molecule has 5 heteroatoms. The van der Waals surface area contributed by atoms with Crippen molar-refractivity contribution in [2.24, 2.45) is 0 Å². The van der Waals surface area contributed by atoms with Crippen LogP contribution in [0.1, 0.15) is 20.3 Å². The zero-order valence-electron chi connectivity index (χ0n) is 10.5. The molecule has 0 radical (unpaired) electrons. The number of carbonyl (C=O) groups excluding carboxylic acids is 1. The van der Waals surface area contributed by atoms with Crippen LogP contribution >= 0.6 is 0 Å². The van der Waals surface area contributed by atoms with Gasteiger partial charge < -0.3 is 18.9 Å². The molecule has 0 fully saturated rings. The Morgan fingerprint density at radius 2 is 2.11 bits per heavy atom. The topological polar surface area (TPSA) is 54.0 Å². The monoisotopic (exact) mass is 252 g/mol. The molecule has 1 atom stereocenters. The summed E-state index contributed by atoms with van der Waals surface area (Å²) >= 11 is 0. The molecule has 1 unspecified atom stereocenters. The Morgan fingerprint density at radius 1 is 1.33 bits per heavy atom. The van der Waals surface area contributed by atoms with E-state index < -0.39 is 6.10 Å². The van der Waals surface area contributed by atoms with Crippen LogP contribution in [0.25, 0.3) is 0 Å². The van der Waals surface area contributed by atoms with Crippen molar-refractivity contribution in [3.63, 3.8) is 0 Å². The van der Waals surface area contributed by atoms with E-state index >= 15 is 0 Å². The summed E-state index contributed by atoms with van der Waals surface area (Å²) in [5.74, 6) is 1.54. The molecule has 0 saturated heterocycles. The van der Waals surface area contributed by atoms with Gasteiger partial charge in [0.15, 0.2) is 17.6 Å². The first kappa shape index (κ1) is 12.5. The molecule has 1 aromatic carbocycles. The van der Waals surface area contributed by atoms with E-state index in [-0.39, 0.29) is 12.8 Å². The second-order valence-electron chi connectivity index (χ2n) is 3.78. The molecule has 0 saturated carbocycles. The predicted molar refractivity (Wildman–Crippen MR) is 63.9 cm³/mol. The minimum Gasteiger partial charge on any atom is -0.479 e. The van der Waals surface area contributed by atoms with E-state index in [9.17, 15) is 4.79 Å². The first-order chi connectivity index (χ1) is 8.74. The normalized spacial score (nSPS) is 14.1. The summed E-state index contributed by atoms with van der Waals surface area (Å²) in [6, 6.07) is 5.22. The van der Waals surface area contributed by atoms with Gasteiger partial charge in [-0.15, -0.1) is 0 Å².